The van der Waals surface area contributed by atoms with Gasteiger partial charge in [-0.25, -0.2) is 0 Å². The number of hydrogen-bond donors (Lipinski definition) is 0. The molecule has 0 aromatic rings. The van der Waals surface area contributed by atoms with E-state index in [-0.39, 0.29) is 0 Å². The highest BCUT2D eigenvalue weighted by molar-refractivity contribution is 4.68. The number of nitrogens with zero attached hydrogens (tertiary/aromatic N) is 1. The Morgan fingerprint density at radius 2 is 1.58 bits per heavy atom. The van der Waals surface area contributed by atoms with Gasteiger partial charge in [0.05, 0.1) is 0 Å². The molecule has 1 heteroatoms. The molecule has 0 aliphatic carbocycles. The van der Waals surface area contributed by atoms with E-state index in [9.17, 15) is 0 Å². The van der Waals surface area contributed by atoms with Crippen molar-refractivity contribution >= 4 is 0 Å². The number of hydrogen-bond acceptors (Lipinski definition) is 1. The van der Waals surface area contributed by atoms with Gasteiger partial charge in [-0.2, -0.15) is 0 Å². The zero-order valence-corrected chi connectivity index (χ0v) is 8.84. The van der Waals surface area contributed by atoms with Crippen LogP contribution in [-0.4, -0.2) is 24.5 Å². The van der Waals surface area contributed by atoms with Crippen LogP contribution < -0.4 is 0 Å². The zero-order valence-electron chi connectivity index (χ0n) is 8.84. The van der Waals surface area contributed by atoms with Crippen LogP contribution >= 0.6 is 0 Å². The molecule has 12 heavy (non-hydrogen) atoms. The van der Waals surface area contributed by atoms with Gasteiger partial charge in [0.25, 0.3) is 0 Å². The van der Waals surface area contributed by atoms with Crippen molar-refractivity contribution in [3.8, 4) is 0 Å². The molecule has 0 aromatic heterocycles. The molecule has 1 saturated heterocycles. The van der Waals surface area contributed by atoms with Gasteiger partial charge in [0.1, 0.15) is 0 Å². The summed E-state index contributed by atoms with van der Waals surface area (Å²) in [5.74, 6) is 1.70. The van der Waals surface area contributed by atoms with Crippen molar-refractivity contribution in [3.05, 3.63) is 0 Å². The molecule has 0 bridgehead atoms. The highest BCUT2D eigenvalue weighted by Crippen LogP contribution is 2.15. The first-order chi connectivity index (χ1) is 5.70. The molecule has 0 N–H and O–H groups in total. The largest absolute Gasteiger partial charge is 0.303 e. The average molecular weight is 169 g/mol. The predicted molar refractivity (Wildman–Crippen MR) is 54.3 cm³/mol. The second-order valence-electron chi connectivity index (χ2n) is 4.58. The maximum absolute atomic E-state index is 2.63. The van der Waals surface area contributed by atoms with Crippen molar-refractivity contribution in [2.24, 2.45) is 11.8 Å². The van der Waals surface area contributed by atoms with E-state index in [0.29, 0.717) is 0 Å². The molecular formula is C11H23N. The fourth-order valence-corrected chi connectivity index (χ4v) is 1.76. The minimum absolute atomic E-state index is 0.840. The Balaban J connectivity index is 2.20. The fraction of sp³-hybridized carbons (Fsp3) is 1.00. The highest BCUT2D eigenvalue weighted by Gasteiger charge is 2.14. The van der Waals surface area contributed by atoms with Gasteiger partial charge in [-0.15, -0.1) is 0 Å². The molecule has 72 valence electrons. The Morgan fingerprint density at radius 1 is 1.00 bits per heavy atom. The van der Waals surface area contributed by atoms with E-state index < -0.39 is 0 Å². The first kappa shape index (κ1) is 10.0. The Kier molecular flexibility index (Phi) is 4.07. The summed E-state index contributed by atoms with van der Waals surface area (Å²) in [6.07, 6.45) is 4.29. The van der Waals surface area contributed by atoms with Crippen LogP contribution in [0.4, 0.5) is 0 Å². The highest BCUT2D eigenvalue weighted by atomic mass is 15.1. The second-order valence-corrected chi connectivity index (χ2v) is 4.58. The molecule has 1 aliphatic heterocycles. The molecule has 1 atom stereocenters. The predicted octanol–water partition coefficient (Wildman–Crippen LogP) is 2.76. The zero-order chi connectivity index (χ0) is 8.97. The standard InChI is InChI=1S/C11H23N/c1-10(2)11(3)9-12-7-5-4-6-8-12/h10-11H,4-9H2,1-3H3. The van der Waals surface area contributed by atoms with Crippen molar-refractivity contribution in [2.45, 2.75) is 40.0 Å². The van der Waals surface area contributed by atoms with Gasteiger partial charge in [-0.3, -0.25) is 0 Å². The normalized spacial score (nSPS) is 23.0. The molecule has 1 rings (SSSR count). The molecule has 1 aliphatic rings. The molecule has 1 nitrogen and oxygen atoms in total. The summed E-state index contributed by atoms with van der Waals surface area (Å²) in [7, 11) is 0. The molecule has 0 aromatic carbocycles. The van der Waals surface area contributed by atoms with E-state index in [0.717, 1.165) is 11.8 Å². The van der Waals surface area contributed by atoms with Crippen molar-refractivity contribution in [2.75, 3.05) is 19.6 Å². The van der Waals surface area contributed by atoms with E-state index >= 15 is 0 Å². The van der Waals surface area contributed by atoms with Gasteiger partial charge >= 0.3 is 0 Å². The van der Waals surface area contributed by atoms with Crippen LogP contribution in [0, 0.1) is 11.8 Å². The average Bonchev–Trinajstić information content (AvgIpc) is 2.06. The Labute approximate surface area is 77.1 Å². The first-order valence-electron chi connectivity index (χ1n) is 5.42. The van der Waals surface area contributed by atoms with Crippen LogP contribution in [0.5, 0.6) is 0 Å². The molecule has 1 fully saturated rings. The van der Waals surface area contributed by atoms with Crippen molar-refractivity contribution in [1.82, 2.24) is 4.90 Å². The smallest absolute Gasteiger partial charge is 0.000946 e. The quantitative estimate of drug-likeness (QED) is 0.628. The summed E-state index contributed by atoms with van der Waals surface area (Å²) in [6, 6.07) is 0. The second kappa shape index (κ2) is 4.86. The van der Waals surface area contributed by atoms with E-state index in [1.54, 1.807) is 0 Å². The minimum Gasteiger partial charge on any atom is -0.303 e. The molecule has 0 spiro atoms. The Hall–Kier alpha value is -0.0400. The molecule has 0 radical (unpaired) electrons. The SMILES string of the molecule is CC(C)C(C)CN1CCCCC1. The Morgan fingerprint density at radius 3 is 2.08 bits per heavy atom. The van der Waals surface area contributed by atoms with Gasteiger partial charge in [0, 0.05) is 6.54 Å². The van der Waals surface area contributed by atoms with Crippen molar-refractivity contribution in [1.29, 1.82) is 0 Å². The summed E-state index contributed by atoms with van der Waals surface area (Å²) < 4.78 is 0. The molecule has 1 heterocycles. The third kappa shape index (κ3) is 3.14. The molecular weight excluding hydrogens is 146 g/mol. The molecule has 1 unspecified atom stereocenters. The van der Waals surface area contributed by atoms with Crippen molar-refractivity contribution < 1.29 is 0 Å². The van der Waals surface area contributed by atoms with Gasteiger partial charge in [0.15, 0.2) is 0 Å². The number of likely N-dealkylation sites (tertiary alicyclic amines) is 1. The number of rotatable bonds is 3. The van der Waals surface area contributed by atoms with E-state index in [1.807, 2.05) is 0 Å². The van der Waals surface area contributed by atoms with Crippen LogP contribution in [0.2, 0.25) is 0 Å². The lowest BCUT2D eigenvalue weighted by molar-refractivity contribution is 0.181. The van der Waals surface area contributed by atoms with E-state index in [4.69, 9.17) is 0 Å². The van der Waals surface area contributed by atoms with E-state index in [1.165, 1.54) is 38.9 Å². The van der Waals surface area contributed by atoms with Crippen LogP contribution in [0.15, 0.2) is 0 Å². The lowest BCUT2D eigenvalue weighted by atomic mass is 9.96. The van der Waals surface area contributed by atoms with Crippen LogP contribution in [0.3, 0.4) is 0 Å². The summed E-state index contributed by atoms with van der Waals surface area (Å²) in [4.78, 5) is 2.63. The van der Waals surface area contributed by atoms with Gasteiger partial charge < -0.3 is 4.90 Å². The van der Waals surface area contributed by atoms with Gasteiger partial charge in [-0.05, 0) is 37.8 Å². The molecule has 0 saturated carbocycles. The molecule has 0 amide bonds. The maximum Gasteiger partial charge on any atom is 0.000946 e. The maximum atomic E-state index is 2.63. The lowest BCUT2D eigenvalue weighted by Gasteiger charge is -2.30. The van der Waals surface area contributed by atoms with Crippen LogP contribution in [0.1, 0.15) is 40.0 Å². The number of piperidine rings is 1. The summed E-state index contributed by atoms with van der Waals surface area (Å²) in [6.45, 7) is 11.0. The van der Waals surface area contributed by atoms with E-state index in [2.05, 4.69) is 25.7 Å². The van der Waals surface area contributed by atoms with Crippen LogP contribution in [0.25, 0.3) is 0 Å². The van der Waals surface area contributed by atoms with Gasteiger partial charge in [-0.1, -0.05) is 27.2 Å². The summed E-state index contributed by atoms with van der Waals surface area (Å²) in [5.41, 5.74) is 0. The summed E-state index contributed by atoms with van der Waals surface area (Å²) in [5, 5.41) is 0. The Bertz CT molecular complexity index is 114. The third-order valence-electron chi connectivity index (χ3n) is 3.13. The van der Waals surface area contributed by atoms with Gasteiger partial charge in [0.2, 0.25) is 0 Å². The minimum atomic E-state index is 0.840. The van der Waals surface area contributed by atoms with Crippen molar-refractivity contribution in [3.63, 3.8) is 0 Å². The lowest BCUT2D eigenvalue weighted by Crippen LogP contribution is -2.34. The first-order valence-corrected chi connectivity index (χ1v) is 5.42. The monoisotopic (exact) mass is 169 g/mol. The summed E-state index contributed by atoms with van der Waals surface area (Å²) >= 11 is 0. The van der Waals surface area contributed by atoms with Crippen LogP contribution in [-0.2, 0) is 0 Å². The fourth-order valence-electron chi connectivity index (χ4n) is 1.76. The third-order valence-corrected chi connectivity index (χ3v) is 3.13. The topological polar surface area (TPSA) is 3.24 Å².